The molecule has 0 aromatic heterocycles. The second-order valence-electron chi connectivity index (χ2n) is 7.12. The van der Waals surface area contributed by atoms with E-state index in [2.05, 4.69) is 10.2 Å². The topological polar surface area (TPSA) is 41.6 Å². The average molecular weight is 280 g/mol. The normalized spacial score (nSPS) is 33.0. The molecule has 0 radical (unpaired) electrons. The van der Waals surface area contributed by atoms with Gasteiger partial charge in [-0.1, -0.05) is 0 Å². The molecule has 114 valence electrons. The van der Waals surface area contributed by atoms with Gasteiger partial charge >= 0.3 is 0 Å². The van der Waals surface area contributed by atoms with Crippen molar-refractivity contribution < 1.29 is 9.53 Å². The van der Waals surface area contributed by atoms with E-state index in [9.17, 15) is 4.79 Å². The fourth-order valence-electron chi connectivity index (χ4n) is 4.21. The number of rotatable bonds is 3. The minimum Gasteiger partial charge on any atom is -0.378 e. The van der Waals surface area contributed by atoms with Gasteiger partial charge in [0.1, 0.15) is 0 Å². The molecule has 3 aliphatic rings. The summed E-state index contributed by atoms with van der Waals surface area (Å²) in [5.74, 6) is 0.316. The van der Waals surface area contributed by atoms with Crippen LogP contribution in [-0.4, -0.2) is 49.7 Å². The number of piperidine rings is 2. The number of carbonyl (C=O) groups is 1. The minimum absolute atomic E-state index is 0.132. The molecule has 20 heavy (non-hydrogen) atoms. The monoisotopic (exact) mass is 280 g/mol. The van der Waals surface area contributed by atoms with Crippen LogP contribution in [0.3, 0.4) is 0 Å². The van der Waals surface area contributed by atoms with Crippen LogP contribution in [0.5, 0.6) is 0 Å². The Kier molecular flexibility index (Phi) is 4.04. The molecule has 0 aromatic rings. The number of nitrogens with one attached hydrogen (secondary N) is 1. The summed E-state index contributed by atoms with van der Waals surface area (Å²) < 4.78 is 5.61. The summed E-state index contributed by atoms with van der Waals surface area (Å²) in [4.78, 5) is 14.7. The highest BCUT2D eigenvalue weighted by Gasteiger charge is 2.43. The first kappa shape index (κ1) is 14.3. The number of amides is 1. The fraction of sp³-hybridized carbons (Fsp3) is 0.938. The summed E-state index contributed by atoms with van der Waals surface area (Å²) in [6.45, 7) is 4.13. The maximum atomic E-state index is 12.6. The van der Waals surface area contributed by atoms with Crippen molar-refractivity contribution >= 4 is 5.91 Å². The smallest absolute Gasteiger partial charge is 0.225 e. The lowest BCUT2D eigenvalue weighted by Crippen LogP contribution is -2.54. The summed E-state index contributed by atoms with van der Waals surface area (Å²) in [6.07, 6.45) is 8.86. The van der Waals surface area contributed by atoms with Gasteiger partial charge in [-0.05, 0) is 51.5 Å². The van der Waals surface area contributed by atoms with Gasteiger partial charge in [0, 0.05) is 32.2 Å². The second kappa shape index (κ2) is 5.64. The Balaban J connectivity index is 1.60. The third-order valence-electron chi connectivity index (χ3n) is 5.75. The Bertz CT molecular complexity index is 348. The van der Waals surface area contributed by atoms with Crippen LogP contribution in [0, 0.1) is 5.41 Å². The van der Waals surface area contributed by atoms with Gasteiger partial charge in [-0.15, -0.1) is 0 Å². The molecular formula is C16H28N2O2. The van der Waals surface area contributed by atoms with Crippen LogP contribution in [-0.2, 0) is 9.53 Å². The lowest BCUT2D eigenvalue weighted by molar-refractivity contribution is -0.147. The Morgan fingerprint density at radius 3 is 2.60 bits per heavy atom. The summed E-state index contributed by atoms with van der Waals surface area (Å²) in [6, 6.07) is 0. The van der Waals surface area contributed by atoms with Gasteiger partial charge in [-0.25, -0.2) is 0 Å². The van der Waals surface area contributed by atoms with E-state index in [0.717, 1.165) is 45.4 Å². The van der Waals surface area contributed by atoms with Gasteiger partial charge < -0.3 is 15.0 Å². The zero-order chi connectivity index (χ0) is 14.1. The number of likely N-dealkylation sites (tertiary alicyclic amines) is 1. The summed E-state index contributed by atoms with van der Waals surface area (Å²) in [5.41, 5.74) is 0.221. The molecule has 2 aliphatic heterocycles. The zero-order valence-corrected chi connectivity index (χ0v) is 12.7. The van der Waals surface area contributed by atoms with Crippen molar-refractivity contribution in [3.63, 3.8) is 0 Å². The van der Waals surface area contributed by atoms with Crippen molar-refractivity contribution in [1.82, 2.24) is 10.2 Å². The van der Waals surface area contributed by atoms with Crippen molar-refractivity contribution in [3.8, 4) is 0 Å². The lowest BCUT2D eigenvalue weighted by atomic mass is 9.73. The number of hydrogen-bond donors (Lipinski definition) is 1. The second-order valence-corrected chi connectivity index (χ2v) is 7.12. The Hall–Kier alpha value is -0.610. The van der Waals surface area contributed by atoms with E-state index >= 15 is 0 Å². The van der Waals surface area contributed by atoms with E-state index in [0.29, 0.717) is 17.7 Å². The van der Waals surface area contributed by atoms with Crippen LogP contribution in [0.25, 0.3) is 0 Å². The van der Waals surface area contributed by atoms with Crippen molar-refractivity contribution in [1.29, 1.82) is 0 Å². The molecule has 4 heteroatoms. The molecule has 1 amide bonds. The van der Waals surface area contributed by atoms with Crippen LogP contribution in [0.15, 0.2) is 0 Å². The van der Waals surface area contributed by atoms with Gasteiger partial charge in [-0.2, -0.15) is 0 Å². The van der Waals surface area contributed by atoms with Crippen molar-refractivity contribution in [2.24, 2.45) is 5.41 Å². The van der Waals surface area contributed by atoms with Crippen LogP contribution >= 0.6 is 0 Å². The number of methoxy groups -OCH3 is 1. The van der Waals surface area contributed by atoms with E-state index in [4.69, 9.17) is 4.74 Å². The van der Waals surface area contributed by atoms with E-state index in [1.165, 1.54) is 25.7 Å². The molecule has 3 fully saturated rings. The highest BCUT2D eigenvalue weighted by Crippen LogP contribution is 2.40. The van der Waals surface area contributed by atoms with Crippen LogP contribution < -0.4 is 5.32 Å². The molecule has 1 atom stereocenters. The average Bonchev–Trinajstić information content (AvgIpc) is 2.43. The molecule has 3 rings (SSSR count). The Labute approximate surface area is 122 Å². The maximum Gasteiger partial charge on any atom is 0.225 e. The molecule has 1 saturated carbocycles. The van der Waals surface area contributed by atoms with Gasteiger partial charge in [0.15, 0.2) is 0 Å². The van der Waals surface area contributed by atoms with Gasteiger partial charge in [0.25, 0.3) is 0 Å². The van der Waals surface area contributed by atoms with Crippen molar-refractivity contribution in [2.45, 2.75) is 57.0 Å². The highest BCUT2D eigenvalue weighted by atomic mass is 16.5. The predicted octanol–water partition coefficient (Wildman–Crippen LogP) is 1.94. The molecule has 1 spiro atoms. The third kappa shape index (κ3) is 2.73. The van der Waals surface area contributed by atoms with Crippen molar-refractivity contribution in [2.75, 3.05) is 33.3 Å². The largest absolute Gasteiger partial charge is 0.378 e. The van der Waals surface area contributed by atoms with Gasteiger partial charge in [-0.3, -0.25) is 4.79 Å². The van der Waals surface area contributed by atoms with Gasteiger partial charge in [0.05, 0.1) is 12.0 Å². The number of carbonyl (C=O) groups excluding carboxylic acids is 1. The lowest BCUT2D eigenvalue weighted by Gasteiger charge is -2.47. The van der Waals surface area contributed by atoms with Crippen LogP contribution in [0.1, 0.15) is 51.4 Å². The molecule has 1 unspecified atom stereocenters. The molecule has 2 heterocycles. The van der Waals surface area contributed by atoms with E-state index in [1.807, 2.05) is 0 Å². The molecule has 0 bridgehead atoms. The standard InChI is InChI=1S/C16H28N2O2/c1-20-16(7-2-8-16)11-14(19)18-10-4-6-15(13-18)5-3-9-17-12-15/h17H,2-13H2,1H3. The first-order valence-corrected chi connectivity index (χ1v) is 8.21. The highest BCUT2D eigenvalue weighted by molar-refractivity contribution is 5.77. The number of hydrogen-bond acceptors (Lipinski definition) is 3. The number of nitrogens with zero attached hydrogens (tertiary/aromatic N) is 1. The molecule has 1 N–H and O–H groups in total. The quantitative estimate of drug-likeness (QED) is 0.859. The van der Waals surface area contributed by atoms with Crippen LogP contribution in [0.4, 0.5) is 0 Å². The van der Waals surface area contributed by atoms with E-state index < -0.39 is 0 Å². The summed E-state index contributed by atoms with van der Waals surface area (Å²) in [7, 11) is 1.76. The predicted molar refractivity (Wildman–Crippen MR) is 78.6 cm³/mol. The maximum absolute atomic E-state index is 12.6. The molecule has 4 nitrogen and oxygen atoms in total. The Morgan fingerprint density at radius 1 is 1.20 bits per heavy atom. The SMILES string of the molecule is COC1(CC(=O)N2CCCC3(CCCNC3)C2)CCC1. The first-order valence-electron chi connectivity index (χ1n) is 8.21. The fourth-order valence-corrected chi connectivity index (χ4v) is 4.21. The summed E-state index contributed by atoms with van der Waals surface area (Å²) >= 11 is 0. The van der Waals surface area contributed by atoms with Crippen molar-refractivity contribution in [3.05, 3.63) is 0 Å². The van der Waals surface area contributed by atoms with Gasteiger partial charge in [0.2, 0.25) is 5.91 Å². The molecular weight excluding hydrogens is 252 g/mol. The zero-order valence-electron chi connectivity index (χ0n) is 12.7. The summed E-state index contributed by atoms with van der Waals surface area (Å²) in [5, 5.41) is 3.52. The first-order chi connectivity index (χ1) is 9.67. The number of ether oxygens (including phenoxy) is 1. The molecule has 1 aliphatic carbocycles. The van der Waals surface area contributed by atoms with Crippen LogP contribution in [0.2, 0.25) is 0 Å². The minimum atomic E-state index is -0.132. The van der Waals surface area contributed by atoms with E-state index in [-0.39, 0.29) is 5.60 Å². The molecule has 0 aromatic carbocycles. The molecule has 2 saturated heterocycles. The van der Waals surface area contributed by atoms with E-state index in [1.54, 1.807) is 7.11 Å². The Morgan fingerprint density at radius 2 is 2.00 bits per heavy atom. The third-order valence-corrected chi connectivity index (χ3v) is 5.75.